The molecule has 1 aromatic carbocycles. The zero-order valence-corrected chi connectivity index (χ0v) is 17.1. The average molecular weight is 403 g/mol. The predicted molar refractivity (Wildman–Crippen MR) is 105 cm³/mol. The van der Waals surface area contributed by atoms with Crippen molar-refractivity contribution in [3.63, 3.8) is 0 Å². The van der Waals surface area contributed by atoms with Crippen molar-refractivity contribution >= 4 is 10.0 Å². The summed E-state index contributed by atoms with van der Waals surface area (Å²) in [5.74, 6) is 0. The number of ether oxygens (including phenoxy) is 2. The molecule has 2 aromatic rings. The molecule has 0 saturated carbocycles. The van der Waals surface area contributed by atoms with Crippen LogP contribution in [0.4, 0.5) is 0 Å². The van der Waals surface area contributed by atoms with E-state index in [1.165, 1.54) is 4.31 Å². The highest BCUT2D eigenvalue weighted by atomic mass is 32.2. The second kappa shape index (κ2) is 7.55. The van der Waals surface area contributed by atoms with Crippen LogP contribution in [0.1, 0.15) is 29.5 Å². The van der Waals surface area contributed by atoms with E-state index in [0.29, 0.717) is 37.6 Å². The summed E-state index contributed by atoms with van der Waals surface area (Å²) < 4.78 is 39.2. The van der Waals surface area contributed by atoms with Gasteiger partial charge in [-0.15, -0.1) is 0 Å². The lowest BCUT2D eigenvalue weighted by molar-refractivity contribution is -0.180. The highest BCUT2D eigenvalue weighted by Crippen LogP contribution is 2.38. The lowest BCUT2D eigenvalue weighted by atomic mass is 9.86. The summed E-state index contributed by atoms with van der Waals surface area (Å²) in [6, 6.07) is 8.96. The molecule has 0 amide bonds. The normalized spacial score (nSPS) is 22.1. The van der Waals surface area contributed by atoms with E-state index in [-0.39, 0.29) is 6.10 Å². The Bertz CT molecular complexity index is 937. The van der Waals surface area contributed by atoms with Crippen LogP contribution >= 0.6 is 0 Å². The highest BCUT2D eigenvalue weighted by Gasteiger charge is 2.52. The Hall–Kier alpha value is -1.80. The standard InChI is InChI=1S/C21H26N2O4S/c1-16-3-5-20(6-4-16)28(24,25)23-14-21(15-23)11-19(8-10-27-21)26-13-18-12-22-9-7-17(18)2/h3-7,9,12,19H,8,10-11,13-15H2,1-2H3. The molecule has 0 bridgehead atoms. The van der Waals surface area contributed by atoms with Crippen LogP contribution in [-0.4, -0.2) is 49.1 Å². The van der Waals surface area contributed by atoms with Crippen LogP contribution in [0.25, 0.3) is 0 Å². The van der Waals surface area contributed by atoms with Gasteiger partial charge in [0.05, 0.1) is 23.2 Å². The van der Waals surface area contributed by atoms with E-state index in [9.17, 15) is 8.42 Å². The van der Waals surface area contributed by atoms with E-state index < -0.39 is 15.6 Å². The third-order valence-electron chi connectivity index (χ3n) is 5.66. The van der Waals surface area contributed by atoms with Crippen LogP contribution in [0, 0.1) is 13.8 Å². The molecule has 0 radical (unpaired) electrons. The molecule has 28 heavy (non-hydrogen) atoms. The number of hydrogen-bond donors (Lipinski definition) is 0. The van der Waals surface area contributed by atoms with Crippen molar-refractivity contribution in [3.05, 3.63) is 59.4 Å². The van der Waals surface area contributed by atoms with Gasteiger partial charge in [-0.3, -0.25) is 4.98 Å². The molecule has 2 fully saturated rings. The lowest BCUT2D eigenvalue weighted by Gasteiger charge is -2.52. The minimum Gasteiger partial charge on any atom is -0.373 e. The molecule has 3 heterocycles. The molecule has 1 unspecified atom stereocenters. The molecule has 0 N–H and O–H groups in total. The van der Waals surface area contributed by atoms with Gasteiger partial charge in [0.1, 0.15) is 0 Å². The maximum absolute atomic E-state index is 12.8. The number of aryl methyl sites for hydroxylation is 2. The van der Waals surface area contributed by atoms with Gasteiger partial charge >= 0.3 is 0 Å². The smallest absolute Gasteiger partial charge is 0.243 e. The lowest BCUT2D eigenvalue weighted by Crippen LogP contribution is -2.67. The van der Waals surface area contributed by atoms with Gasteiger partial charge in [-0.1, -0.05) is 17.7 Å². The molecular weight excluding hydrogens is 376 g/mol. The van der Waals surface area contributed by atoms with E-state index >= 15 is 0 Å². The van der Waals surface area contributed by atoms with E-state index in [1.54, 1.807) is 18.3 Å². The average Bonchev–Trinajstić information content (AvgIpc) is 2.66. The van der Waals surface area contributed by atoms with Crippen LogP contribution < -0.4 is 0 Å². The van der Waals surface area contributed by atoms with Crippen molar-refractivity contribution in [1.82, 2.24) is 9.29 Å². The first-order valence-corrected chi connectivity index (χ1v) is 11.0. The van der Waals surface area contributed by atoms with Gasteiger partial charge in [-0.25, -0.2) is 8.42 Å². The first-order valence-electron chi connectivity index (χ1n) is 9.60. The largest absolute Gasteiger partial charge is 0.373 e. The summed E-state index contributed by atoms with van der Waals surface area (Å²) in [5, 5.41) is 0. The van der Waals surface area contributed by atoms with Gasteiger partial charge in [0.15, 0.2) is 0 Å². The van der Waals surface area contributed by atoms with Crippen molar-refractivity contribution in [3.8, 4) is 0 Å². The van der Waals surface area contributed by atoms with Crippen molar-refractivity contribution in [2.45, 2.75) is 49.9 Å². The SMILES string of the molecule is Cc1ccc(S(=O)(=O)N2CC3(CC(OCc4cnccc4C)CCO3)C2)cc1. The summed E-state index contributed by atoms with van der Waals surface area (Å²) in [6.07, 6.45) is 5.22. The first kappa shape index (κ1) is 19.5. The maximum atomic E-state index is 12.8. The molecule has 150 valence electrons. The van der Waals surface area contributed by atoms with Crippen molar-refractivity contribution < 1.29 is 17.9 Å². The van der Waals surface area contributed by atoms with Crippen LogP contribution in [0.2, 0.25) is 0 Å². The summed E-state index contributed by atoms with van der Waals surface area (Å²) in [4.78, 5) is 4.49. The number of nitrogens with zero attached hydrogens (tertiary/aromatic N) is 2. The Morgan fingerprint density at radius 2 is 1.96 bits per heavy atom. The molecule has 2 aliphatic rings. The number of sulfonamides is 1. The summed E-state index contributed by atoms with van der Waals surface area (Å²) in [7, 11) is -3.47. The van der Waals surface area contributed by atoms with Crippen molar-refractivity contribution in [2.75, 3.05) is 19.7 Å². The minimum atomic E-state index is -3.47. The summed E-state index contributed by atoms with van der Waals surface area (Å²) in [5.41, 5.74) is 2.86. The zero-order valence-electron chi connectivity index (χ0n) is 16.3. The van der Waals surface area contributed by atoms with E-state index in [2.05, 4.69) is 4.98 Å². The topological polar surface area (TPSA) is 68.7 Å². The molecular formula is C21H26N2O4S. The fraction of sp³-hybridized carbons (Fsp3) is 0.476. The van der Waals surface area contributed by atoms with Gasteiger partial charge in [0.25, 0.3) is 0 Å². The van der Waals surface area contributed by atoms with Crippen LogP contribution in [0.3, 0.4) is 0 Å². The van der Waals surface area contributed by atoms with Gasteiger partial charge < -0.3 is 9.47 Å². The highest BCUT2D eigenvalue weighted by molar-refractivity contribution is 7.89. The quantitative estimate of drug-likeness (QED) is 0.769. The third-order valence-corrected chi connectivity index (χ3v) is 7.46. The van der Waals surface area contributed by atoms with E-state index in [4.69, 9.17) is 9.47 Å². The number of pyridine rings is 1. The number of hydrogen-bond acceptors (Lipinski definition) is 5. The Morgan fingerprint density at radius 1 is 1.21 bits per heavy atom. The second-order valence-corrected chi connectivity index (χ2v) is 9.78. The third kappa shape index (κ3) is 3.85. The Labute approximate surface area is 166 Å². The Balaban J connectivity index is 1.36. The Morgan fingerprint density at radius 3 is 2.68 bits per heavy atom. The molecule has 4 rings (SSSR count). The van der Waals surface area contributed by atoms with Gasteiger partial charge in [0.2, 0.25) is 10.0 Å². The van der Waals surface area contributed by atoms with Crippen molar-refractivity contribution in [1.29, 1.82) is 0 Å². The monoisotopic (exact) mass is 402 g/mol. The minimum absolute atomic E-state index is 0.0672. The molecule has 2 saturated heterocycles. The van der Waals surface area contributed by atoms with Crippen LogP contribution in [0.5, 0.6) is 0 Å². The fourth-order valence-corrected chi connectivity index (χ4v) is 5.42. The van der Waals surface area contributed by atoms with E-state index in [0.717, 1.165) is 23.1 Å². The number of rotatable bonds is 5. The van der Waals surface area contributed by atoms with Crippen molar-refractivity contribution in [2.24, 2.45) is 0 Å². The number of aromatic nitrogens is 1. The first-order chi connectivity index (χ1) is 13.4. The van der Waals surface area contributed by atoms with Gasteiger partial charge in [-0.2, -0.15) is 4.31 Å². The molecule has 1 atom stereocenters. The summed E-state index contributed by atoms with van der Waals surface area (Å²) in [6.45, 7) is 5.87. The molecule has 2 aliphatic heterocycles. The molecule has 0 aliphatic carbocycles. The fourth-order valence-electron chi connectivity index (χ4n) is 3.83. The molecule has 1 spiro atoms. The van der Waals surface area contributed by atoms with E-state index in [1.807, 2.05) is 38.2 Å². The molecule has 6 nitrogen and oxygen atoms in total. The van der Waals surface area contributed by atoms with Crippen LogP contribution in [0.15, 0.2) is 47.6 Å². The number of benzene rings is 1. The zero-order chi connectivity index (χ0) is 19.8. The Kier molecular flexibility index (Phi) is 5.26. The second-order valence-electron chi connectivity index (χ2n) is 7.85. The van der Waals surface area contributed by atoms with Gasteiger partial charge in [0, 0.05) is 38.5 Å². The predicted octanol–water partition coefficient (Wildman–Crippen LogP) is 2.84. The van der Waals surface area contributed by atoms with Gasteiger partial charge in [-0.05, 0) is 49.6 Å². The summed E-state index contributed by atoms with van der Waals surface area (Å²) >= 11 is 0. The maximum Gasteiger partial charge on any atom is 0.243 e. The molecule has 7 heteroatoms. The van der Waals surface area contributed by atoms with Crippen LogP contribution in [-0.2, 0) is 26.1 Å². The molecule has 1 aromatic heterocycles.